The summed E-state index contributed by atoms with van der Waals surface area (Å²) in [4.78, 5) is 47.4. The van der Waals surface area contributed by atoms with E-state index in [1.165, 1.54) is 0 Å². The number of carbonyl (C=O) groups is 4. The van der Waals surface area contributed by atoms with Gasteiger partial charge in [-0.2, -0.15) is 0 Å². The number of rotatable bonds is 12. The van der Waals surface area contributed by atoms with Gasteiger partial charge in [0.1, 0.15) is 18.4 Å². The molecule has 0 aromatic heterocycles. The summed E-state index contributed by atoms with van der Waals surface area (Å²) in [7, 11) is 0. The largest absolute Gasteiger partial charge is 0.465 e. The number of hydrogen-bond acceptors (Lipinski definition) is 4. The van der Waals surface area contributed by atoms with E-state index in [9.17, 15) is 19.2 Å². The molecule has 0 aliphatic heterocycles. The third kappa shape index (κ3) is 11.2. The Morgan fingerprint density at radius 2 is 1.15 bits per heavy atom. The monoisotopic (exact) mass is 385 g/mol. The molecule has 0 saturated heterocycles. The number of amides is 3. The van der Waals surface area contributed by atoms with Gasteiger partial charge < -0.3 is 25.9 Å². The molecule has 0 heterocycles. The van der Waals surface area contributed by atoms with Gasteiger partial charge in [0.25, 0.3) is 0 Å². The molecule has 0 aromatic rings. The average Bonchev–Trinajstić information content (AvgIpc) is 2.50. The maximum Gasteiger partial charge on any atom is 0.405 e. The van der Waals surface area contributed by atoms with E-state index in [4.69, 9.17) is 5.11 Å². The minimum atomic E-state index is -1.29. The van der Waals surface area contributed by atoms with Crippen molar-refractivity contribution in [1.29, 1.82) is 0 Å². The Labute approximate surface area is 161 Å². The molecule has 0 aliphatic carbocycles. The Kier molecular flexibility index (Phi) is 11.3. The number of nitrogens with one attached hydrogen (secondary N) is 3. The summed E-state index contributed by atoms with van der Waals surface area (Å²) >= 11 is 0. The lowest BCUT2D eigenvalue weighted by Gasteiger charge is -2.25. The van der Waals surface area contributed by atoms with Gasteiger partial charge in [-0.25, -0.2) is 4.79 Å². The maximum atomic E-state index is 12.6. The van der Waals surface area contributed by atoms with E-state index in [2.05, 4.69) is 16.0 Å². The van der Waals surface area contributed by atoms with E-state index in [-0.39, 0.29) is 17.8 Å². The van der Waals surface area contributed by atoms with E-state index < -0.39 is 36.0 Å². The van der Waals surface area contributed by atoms with Gasteiger partial charge in [-0.05, 0) is 37.0 Å². The van der Waals surface area contributed by atoms with Gasteiger partial charge in [0, 0.05) is 0 Å². The predicted molar refractivity (Wildman–Crippen MR) is 103 cm³/mol. The number of hydrogen-bond donors (Lipinski definition) is 4. The summed E-state index contributed by atoms with van der Waals surface area (Å²) in [6, 6.07) is -2.40. The summed E-state index contributed by atoms with van der Waals surface area (Å²) in [6.45, 7) is 11.5. The second-order valence-electron chi connectivity index (χ2n) is 8.20. The fourth-order valence-electron chi connectivity index (χ4n) is 2.77. The molecule has 8 nitrogen and oxygen atoms in total. The van der Waals surface area contributed by atoms with Crippen LogP contribution in [-0.2, 0) is 14.4 Å². The quantitative estimate of drug-likeness (QED) is 0.382. The first-order valence-corrected chi connectivity index (χ1v) is 9.51. The van der Waals surface area contributed by atoms with Crippen molar-refractivity contribution < 1.29 is 24.3 Å². The fourth-order valence-corrected chi connectivity index (χ4v) is 2.77. The third-order valence-corrected chi connectivity index (χ3v) is 3.88. The van der Waals surface area contributed by atoms with Crippen molar-refractivity contribution in [1.82, 2.24) is 16.0 Å². The van der Waals surface area contributed by atoms with Crippen LogP contribution in [0, 0.1) is 17.8 Å². The highest BCUT2D eigenvalue weighted by molar-refractivity contribution is 5.92. The van der Waals surface area contributed by atoms with Crippen LogP contribution in [0.1, 0.15) is 60.8 Å². The van der Waals surface area contributed by atoms with Gasteiger partial charge in [0.15, 0.2) is 0 Å². The van der Waals surface area contributed by atoms with E-state index in [1.54, 1.807) is 0 Å². The van der Waals surface area contributed by atoms with Crippen LogP contribution in [0.5, 0.6) is 0 Å². The molecule has 0 saturated carbocycles. The lowest BCUT2D eigenvalue weighted by atomic mass is 9.99. The standard InChI is InChI=1S/C19H35N3O5/c1-11(2)7-14(10-23)20-17(24)15(8-12(3)4)21-18(25)16(9-13(5)6)22-19(26)27/h10-16,22H,7-9H2,1-6H3,(H,20,24)(H,21,25)(H,26,27). The van der Waals surface area contributed by atoms with Gasteiger partial charge in [-0.15, -0.1) is 0 Å². The molecular weight excluding hydrogens is 350 g/mol. The Hall–Kier alpha value is -2.12. The van der Waals surface area contributed by atoms with Crippen LogP contribution in [0.25, 0.3) is 0 Å². The van der Waals surface area contributed by atoms with E-state index in [0.717, 1.165) is 0 Å². The van der Waals surface area contributed by atoms with Crippen molar-refractivity contribution in [3.05, 3.63) is 0 Å². The van der Waals surface area contributed by atoms with Crippen molar-refractivity contribution in [2.45, 2.75) is 78.9 Å². The zero-order valence-corrected chi connectivity index (χ0v) is 17.2. The van der Waals surface area contributed by atoms with Gasteiger partial charge in [0.05, 0.1) is 6.04 Å². The molecule has 3 unspecified atom stereocenters. The average molecular weight is 386 g/mol. The molecule has 0 radical (unpaired) electrons. The predicted octanol–water partition coefficient (Wildman–Crippen LogP) is 1.93. The van der Waals surface area contributed by atoms with Crippen molar-refractivity contribution in [3.8, 4) is 0 Å². The molecule has 0 rings (SSSR count). The topological polar surface area (TPSA) is 125 Å². The van der Waals surface area contributed by atoms with Crippen LogP contribution in [0.2, 0.25) is 0 Å². The van der Waals surface area contributed by atoms with Crippen molar-refractivity contribution in [2.75, 3.05) is 0 Å². The van der Waals surface area contributed by atoms with Gasteiger partial charge in [-0.3, -0.25) is 9.59 Å². The highest BCUT2D eigenvalue weighted by atomic mass is 16.4. The van der Waals surface area contributed by atoms with E-state index >= 15 is 0 Å². The number of carboxylic acid groups (broad SMARTS) is 1. The van der Waals surface area contributed by atoms with Crippen LogP contribution >= 0.6 is 0 Å². The second-order valence-corrected chi connectivity index (χ2v) is 8.20. The second kappa shape index (κ2) is 12.3. The smallest absolute Gasteiger partial charge is 0.405 e. The first-order chi connectivity index (χ1) is 12.5. The first-order valence-electron chi connectivity index (χ1n) is 9.51. The summed E-state index contributed by atoms with van der Waals surface area (Å²) in [5.41, 5.74) is 0. The van der Waals surface area contributed by atoms with Crippen LogP contribution < -0.4 is 16.0 Å². The highest BCUT2D eigenvalue weighted by Gasteiger charge is 2.28. The molecule has 4 N–H and O–H groups in total. The third-order valence-electron chi connectivity index (χ3n) is 3.88. The summed E-state index contributed by atoms with van der Waals surface area (Å²) < 4.78 is 0. The molecule has 156 valence electrons. The lowest BCUT2D eigenvalue weighted by molar-refractivity contribution is -0.131. The molecule has 8 heteroatoms. The van der Waals surface area contributed by atoms with Crippen LogP contribution in [-0.4, -0.2) is 47.4 Å². The fraction of sp³-hybridized carbons (Fsp3) is 0.789. The SMILES string of the molecule is CC(C)CC(C=O)NC(=O)C(CC(C)C)NC(=O)C(CC(C)C)NC(=O)O. The normalized spacial score (nSPS) is 14.6. The van der Waals surface area contributed by atoms with Crippen molar-refractivity contribution in [3.63, 3.8) is 0 Å². The van der Waals surface area contributed by atoms with Gasteiger partial charge in [-0.1, -0.05) is 41.5 Å². The molecule has 3 atom stereocenters. The number of aldehydes is 1. The van der Waals surface area contributed by atoms with Gasteiger partial charge in [0.2, 0.25) is 11.8 Å². The Balaban J connectivity index is 5.19. The van der Waals surface area contributed by atoms with Crippen LogP contribution in [0.4, 0.5) is 4.79 Å². The summed E-state index contributed by atoms with van der Waals surface area (Å²) in [5.74, 6) is -0.534. The zero-order valence-electron chi connectivity index (χ0n) is 17.2. The molecule has 0 aromatic carbocycles. The minimum Gasteiger partial charge on any atom is -0.465 e. The maximum absolute atomic E-state index is 12.6. The van der Waals surface area contributed by atoms with Gasteiger partial charge >= 0.3 is 6.09 Å². The van der Waals surface area contributed by atoms with Crippen molar-refractivity contribution >= 4 is 24.2 Å². The summed E-state index contributed by atoms with van der Waals surface area (Å²) in [6.07, 6.45) is 0.608. The van der Waals surface area contributed by atoms with Crippen LogP contribution in [0.15, 0.2) is 0 Å². The van der Waals surface area contributed by atoms with E-state index in [1.807, 2.05) is 41.5 Å². The Morgan fingerprint density at radius 3 is 1.52 bits per heavy atom. The molecule has 27 heavy (non-hydrogen) atoms. The zero-order chi connectivity index (χ0) is 21.1. The molecule has 0 fully saturated rings. The van der Waals surface area contributed by atoms with Crippen molar-refractivity contribution in [2.24, 2.45) is 17.8 Å². The molecule has 0 aliphatic rings. The molecule has 3 amide bonds. The highest BCUT2D eigenvalue weighted by Crippen LogP contribution is 2.10. The number of carbonyl (C=O) groups excluding carboxylic acids is 3. The Bertz CT molecular complexity index is 506. The van der Waals surface area contributed by atoms with Crippen LogP contribution in [0.3, 0.4) is 0 Å². The lowest BCUT2D eigenvalue weighted by Crippen LogP contribution is -2.55. The minimum absolute atomic E-state index is 0.0930. The first kappa shape index (κ1) is 24.9. The summed E-state index contributed by atoms with van der Waals surface area (Å²) in [5, 5.41) is 16.5. The molecular formula is C19H35N3O5. The molecule has 0 bridgehead atoms. The van der Waals surface area contributed by atoms with E-state index in [0.29, 0.717) is 25.5 Å². The molecule has 0 spiro atoms. The Morgan fingerprint density at radius 1 is 0.741 bits per heavy atom.